The Morgan fingerprint density at radius 1 is 0.800 bits per heavy atom. The van der Waals surface area contributed by atoms with Crippen LogP contribution >= 0.6 is 0 Å². The molecule has 2 heterocycles. The molecule has 30 heavy (non-hydrogen) atoms. The molecule has 2 aromatic heterocycles. The van der Waals surface area contributed by atoms with E-state index in [0.717, 1.165) is 5.56 Å². The number of halogens is 7. The molecule has 3 nitrogen and oxygen atoms in total. The summed E-state index contributed by atoms with van der Waals surface area (Å²) in [5.74, 6) is -12.3. The molecule has 0 atom stereocenters. The molecule has 0 saturated heterocycles. The third kappa shape index (κ3) is 3.01. The summed E-state index contributed by atoms with van der Waals surface area (Å²) in [6, 6.07) is 9.41. The van der Waals surface area contributed by atoms with E-state index in [2.05, 4.69) is 15.0 Å². The maximum atomic E-state index is 14.7. The molecule has 0 saturated carbocycles. The van der Waals surface area contributed by atoms with Gasteiger partial charge in [-0.05, 0) is 30.5 Å². The van der Waals surface area contributed by atoms with Crippen molar-refractivity contribution < 1.29 is 30.7 Å². The number of rotatable bonds is 3. The van der Waals surface area contributed by atoms with Crippen LogP contribution in [0.3, 0.4) is 0 Å². The standard InChI is InChI=1S/C20H12F7N3/c21-18(22,19(23,24)20(25,26)27)16-14-8-7-11-4-1-2-6-13(11)15(14)29-17(30-16)12-5-3-9-28-10-12/h1-6,9-10H,7-8H2. The average molecular weight is 427 g/mol. The van der Waals surface area contributed by atoms with Crippen LogP contribution in [0.25, 0.3) is 22.6 Å². The van der Waals surface area contributed by atoms with E-state index in [-0.39, 0.29) is 24.1 Å². The normalized spacial score (nSPS) is 14.2. The van der Waals surface area contributed by atoms with Crippen LogP contribution in [0.5, 0.6) is 0 Å². The Hall–Kier alpha value is -3.04. The second-order valence-electron chi connectivity index (χ2n) is 6.77. The molecule has 1 aromatic carbocycles. The van der Waals surface area contributed by atoms with E-state index >= 15 is 0 Å². The highest BCUT2D eigenvalue weighted by Gasteiger charge is 2.74. The Morgan fingerprint density at radius 3 is 2.20 bits per heavy atom. The summed E-state index contributed by atoms with van der Waals surface area (Å²) in [5.41, 5.74) is -0.913. The van der Waals surface area contributed by atoms with Crippen molar-refractivity contribution in [2.75, 3.05) is 0 Å². The van der Waals surface area contributed by atoms with E-state index in [1.807, 2.05) is 0 Å². The lowest BCUT2D eigenvalue weighted by Gasteiger charge is -2.31. The smallest absolute Gasteiger partial charge is 0.264 e. The molecule has 0 unspecified atom stereocenters. The first kappa shape index (κ1) is 20.2. The summed E-state index contributed by atoms with van der Waals surface area (Å²) in [6.45, 7) is 0. The number of nitrogens with zero attached hydrogens (tertiary/aromatic N) is 3. The minimum atomic E-state index is -6.46. The van der Waals surface area contributed by atoms with E-state index < -0.39 is 35.1 Å². The van der Waals surface area contributed by atoms with Gasteiger partial charge in [-0.2, -0.15) is 30.7 Å². The largest absolute Gasteiger partial charge is 0.460 e. The van der Waals surface area contributed by atoms with Gasteiger partial charge in [-0.25, -0.2) is 9.97 Å². The zero-order chi connectivity index (χ0) is 21.7. The van der Waals surface area contributed by atoms with Crippen molar-refractivity contribution in [3.05, 3.63) is 65.6 Å². The first-order valence-electron chi connectivity index (χ1n) is 8.76. The highest BCUT2D eigenvalue weighted by molar-refractivity contribution is 5.73. The summed E-state index contributed by atoms with van der Waals surface area (Å²) < 4.78 is 95.6. The van der Waals surface area contributed by atoms with Gasteiger partial charge < -0.3 is 0 Å². The average Bonchev–Trinajstić information content (AvgIpc) is 2.72. The Morgan fingerprint density at radius 2 is 1.53 bits per heavy atom. The van der Waals surface area contributed by atoms with E-state index in [4.69, 9.17) is 0 Å². The van der Waals surface area contributed by atoms with Crippen LogP contribution in [0.2, 0.25) is 0 Å². The zero-order valence-electron chi connectivity index (χ0n) is 15.0. The number of hydrogen-bond acceptors (Lipinski definition) is 3. The number of pyridine rings is 1. The zero-order valence-corrected chi connectivity index (χ0v) is 15.0. The van der Waals surface area contributed by atoms with Gasteiger partial charge in [0.2, 0.25) is 0 Å². The molecular weight excluding hydrogens is 415 g/mol. The Kier molecular flexibility index (Phi) is 4.55. The van der Waals surface area contributed by atoms with Gasteiger partial charge in [0, 0.05) is 29.1 Å². The molecule has 0 N–H and O–H groups in total. The van der Waals surface area contributed by atoms with Crippen LogP contribution in [0.15, 0.2) is 48.8 Å². The van der Waals surface area contributed by atoms with Crippen molar-refractivity contribution in [2.45, 2.75) is 30.9 Å². The Balaban J connectivity index is 2.02. The molecular formula is C20H12F7N3. The molecule has 10 heteroatoms. The molecule has 0 amide bonds. The van der Waals surface area contributed by atoms with Crippen molar-refractivity contribution in [2.24, 2.45) is 0 Å². The Labute approximate surface area is 165 Å². The number of hydrogen-bond donors (Lipinski definition) is 0. The minimum Gasteiger partial charge on any atom is -0.264 e. The van der Waals surface area contributed by atoms with Crippen LogP contribution in [0.4, 0.5) is 30.7 Å². The van der Waals surface area contributed by atoms with Crippen molar-refractivity contribution in [1.82, 2.24) is 15.0 Å². The molecule has 1 aliphatic rings. The summed E-state index contributed by atoms with van der Waals surface area (Å²) in [4.78, 5) is 11.5. The lowest BCUT2D eigenvalue weighted by Crippen LogP contribution is -2.51. The van der Waals surface area contributed by atoms with Crippen molar-refractivity contribution in [3.63, 3.8) is 0 Å². The van der Waals surface area contributed by atoms with Crippen LogP contribution in [-0.2, 0) is 18.8 Å². The molecule has 0 fully saturated rings. The second-order valence-corrected chi connectivity index (χ2v) is 6.77. The summed E-state index contributed by atoms with van der Waals surface area (Å²) in [7, 11) is 0. The van der Waals surface area contributed by atoms with Crippen molar-refractivity contribution >= 4 is 0 Å². The molecule has 0 radical (unpaired) electrons. The van der Waals surface area contributed by atoms with Crippen LogP contribution in [0.1, 0.15) is 16.8 Å². The number of fused-ring (bicyclic) bond motifs is 3. The number of aryl methyl sites for hydroxylation is 1. The highest BCUT2D eigenvalue weighted by atomic mass is 19.4. The summed E-state index contributed by atoms with van der Waals surface area (Å²) in [5, 5.41) is 0. The quantitative estimate of drug-likeness (QED) is 0.512. The van der Waals surface area contributed by atoms with Crippen molar-refractivity contribution in [1.29, 1.82) is 0 Å². The topological polar surface area (TPSA) is 38.7 Å². The van der Waals surface area contributed by atoms with E-state index in [1.165, 1.54) is 24.5 Å². The van der Waals surface area contributed by atoms with Crippen LogP contribution in [0, 0.1) is 0 Å². The van der Waals surface area contributed by atoms with E-state index in [9.17, 15) is 30.7 Å². The maximum Gasteiger partial charge on any atom is 0.460 e. The maximum absolute atomic E-state index is 14.7. The van der Waals surface area contributed by atoms with Gasteiger partial charge in [0.05, 0.1) is 5.69 Å². The Bertz CT molecular complexity index is 1100. The first-order valence-corrected chi connectivity index (χ1v) is 8.76. The van der Waals surface area contributed by atoms with Gasteiger partial charge in [-0.3, -0.25) is 4.98 Å². The third-order valence-electron chi connectivity index (χ3n) is 4.89. The fourth-order valence-electron chi connectivity index (χ4n) is 3.38. The van der Waals surface area contributed by atoms with Crippen LogP contribution in [-0.4, -0.2) is 27.1 Å². The number of aromatic nitrogens is 3. The SMILES string of the molecule is FC(F)(F)C(F)(F)C(F)(F)c1nc(-c2cccnc2)nc2c1CCc1ccccc1-2. The van der Waals surface area contributed by atoms with Gasteiger partial charge >= 0.3 is 18.0 Å². The van der Waals surface area contributed by atoms with E-state index in [1.54, 1.807) is 24.3 Å². The monoisotopic (exact) mass is 427 g/mol. The van der Waals surface area contributed by atoms with E-state index in [0.29, 0.717) is 5.56 Å². The molecule has 156 valence electrons. The fourth-order valence-corrected chi connectivity index (χ4v) is 3.38. The van der Waals surface area contributed by atoms with Gasteiger partial charge in [0.1, 0.15) is 5.69 Å². The van der Waals surface area contributed by atoms with Crippen LogP contribution < -0.4 is 0 Å². The second kappa shape index (κ2) is 6.75. The minimum absolute atomic E-state index is 0.0849. The first-order chi connectivity index (χ1) is 14.0. The number of benzene rings is 1. The van der Waals surface area contributed by atoms with Gasteiger partial charge in [-0.15, -0.1) is 0 Å². The summed E-state index contributed by atoms with van der Waals surface area (Å²) >= 11 is 0. The predicted molar refractivity (Wildman–Crippen MR) is 93.0 cm³/mol. The summed E-state index contributed by atoms with van der Waals surface area (Å²) in [6.07, 6.45) is -3.89. The lowest BCUT2D eigenvalue weighted by molar-refractivity contribution is -0.360. The molecule has 3 aromatic rings. The fraction of sp³-hybridized carbons (Fsp3) is 0.250. The molecule has 0 aliphatic heterocycles. The van der Waals surface area contributed by atoms with Gasteiger partial charge in [0.25, 0.3) is 0 Å². The number of alkyl halides is 7. The molecule has 0 bridgehead atoms. The molecule has 4 rings (SSSR count). The lowest BCUT2D eigenvalue weighted by atomic mass is 9.86. The predicted octanol–water partition coefficient (Wildman–Crippen LogP) is 5.59. The highest BCUT2D eigenvalue weighted by Crippen LogP contribution is 2.53. The third-order valence-corrected chi connectivity index (χ3v) is 4.89. The molecule has 1 aliphatic carbocycles. The van der Waals surface area contributed by atoms with Gasteiger partial charge in [0.15, 0.2) is 5.82 Å². The van der Waals surface area contributed by atoms with Crippen molar-refractivity contribution in [3.8, 4) is 22.6 Å². The van der Waals surface area contributed by atoms with Gasteiger partial charge in [-0.1, -0.05) is 24.3 Å². The molecule has 0 spiro atoms.